The number of methoxy groups -OCH3 is 1. The fourth-order valence-corrected chi connectivity index (χ4v) is 5.32. The third kappa shape index (κ3) is 5.53. The van der Waals surface area contributed by atoms with Crippen LogP contribution in [0.5, 0.6) is 5.75 Å². The number of carbonyl (C=O) groups is 1. The zero-order valence-electron chi connectivity index (χ0n) is 17.0. The van der Waals surface area contributed by atoms with Gasteiger partial charge in [-0.05, 0) is 61.6 Å². The maximum atomic E-state index is 12.9. The maximum absolute atomic E-state index is 12.9. The van der Waals surface area contributed by atoms with Gasteiger partial charge in [0.1, 0.15) is 5.75 Å². The summed E-state index contributed by atoms with van der Waals surface area (Å²) >= 11 is 5.86. The van der Waals surface area contributed by atoms with Crippen molar-refractivity contribution in [1.29, 1.82) is 0 Å². The van der Waals surface area contributed by atoms with E-state index in [0.717, 1.165) is 24.2 Å². The first-order valence-electron chi connectivity index (χ1n) is 10.1. The molecule has 3 rings (SSSR count). The number of halogens is 1. The Balaban J connectivity index is 1.52. The topological polar surface area (TPSA) is 75.7 Å². The minimum atomic E-state index is -3.63. The summed E-state index contributed by atoms with van der Waals surface area (Å²) in [4.78, 5) is 12.8. The quantitative estimate of drug-likeness (QED) is 0.624. The van der Waals surface area contributed by atoms with Crippen LogP contribution >= 0.6 is 11.6 Å². The third-order valence-corrected chi connectivity index (χ3v) is 7.45. The Bertz CT molecular complexity index is 963. The second-order valence-electron chi connectivity index (χ2n) is 7.36. The number of sulfonamides is 1. The van der Waals surface area contributed by atoms with E-state index in [1.54, 1.807) is 19.2 Å². The molecular weight excluding hydrogens is 424 g/mol. The van der Waals surface area contributed by atoms with Crippen molar-refractivity contribution >= 4 is 27.5 Å². The molecule has 162 valence electrons. The molecule has 2 aromatic rings. The number of carbonyl (C=O) groups excluding carboxylic acids is 1. The van der Waals surface area contributed by atoms with Crippen LogP contribution in [0.4, 0.5) is 0 Å². The second kappa shape index (κ2) is 10.3. The SMILES string of the molecule is COc1ccccc1CCCNC(=O)C1CCCN(S(=O)(=O)c2ccc(Cl)cc2)C1. The highest BCUT2D eigenvalue weighted by Gasteiger charge is 2.33. The third-order valence-electron chi connectivity index (χ3n) is 5.32. The molecule has 0 aliphatic carbocycles. The standard InChI is InChI=1S/C22H27ClN2O4S/c1-29-21-9-3-2-6-17(21)7-4-14-24-22(26)18-8-5-15-25(16-18)30(27,28)20-12-10-19(23)11-13-20/h2-3,6,9-13,18H,4-5,7-8,14-16H2,1H3,(H,24,26). The number of hydrogen-bond donors (Lipinski definition) is 1. The zero-order valence-corrected chi connectivity index (χ0v) is 18.6. The van der Waals surface area contributed by atoms with Gasteiger partial charge in [0.05, 0.1) is 17.9 Å². The summed E-state index contributed by atoms with van der Waals surface area (Å²) in [6.07, 6.45) is 2.93. The summed E-state index contributed by atoms with van der Waals surface area (Å²) in [5.41, 5.74) is 1.10. The number of nitrogens with one attached hydrogen (secondary N) is 1. The first kappa shape index (κ1) is 22.6. The molecule has 1 amide bonds. The van der Waals surface area contributed by atoms with E-state index in [0.29, 0.717) is 31.0 Å². The van der Waals surface area contributed by atoms with Crippen LogP contribution in [0.1, 0.15) is 24.8 Å². The number of ether oxygens (including phenoxy) is 1. The highest BCUT2D eigenvalue weighted by atomic mass is 35.5. The molecule has 30 heavy (non-hydrogen) atoms. The smallest absolute Gasteiger partial charge is 0.243 e. The summed E-state index contributed by atoms with van der Waals surface area (Å²) in [7, 11) is -1.99. The van der Waals surface area contributed by atoms with Gasteiger partial charge in [-0.15, -0.1) is 0 Å². The van der Waals surface area contributed by atoms with Crippen molar-refractivity contribution in [1.82, 2.24) is 9.62 Å². The second-order valence-corrected chi connectivity index (χ2v) is 9.74. The Labute approximate surface area is 183 Å². The summed E-state index contributed by atoms with van der Waals surface area (Å²) in [5.74, 6) is 0.414. The Hall–Kier alpha value is -2.09. The van der Waals surface area contributed by atoms with Gasteiger partial charge in [0.25, 0.3) is 0 Å². The summed E-state index contributed by atoms with van der Waals surface area (Å²) < 4.78 is 32.5. The molecule has 0 bridgehead atoms. The van der Waals surface area contributed by atoms with Crippen molar-refractivity contribution in [3.05, 3.63) is 59.1 Å². The Morgan fingerprint density at radius 2 is 1.93 bits per heavy atom. The van der Waals surface area contributed by atoms with E-state index in [1.165, 1.54) is 16.4 Å². The molecular formula is C22H27ClN2O4S. The maximum Gasteiger partial charge on any atom is 0.243 e. The number of nitrogens with zero attached hydrogens (tertiary/aromatic N) is 1. The molecule has 1 saturated heterocycles. The van der Waals surface area contributed by atoms with Crippen LogP contribution in [-0.4, -0.2) is 45.4 Å². The van der Waals surface area contributed by atoms with E-state index in [4.69, 9.17) is 16.3 Å². The lowest BCUT2D eigenvalue weighted by atomic mass is 9.99. The van der Waals surface area contributed by atoms with E-state index in [9.17, 15) is 13.2 Å². The van der Waals surface area contributed by atoms with Crippen LogP contribution in [0.3, 0.4) is 0 Å². The van der Waals surface area contributed by atoms with Crippen molar-refractivity contribution in [3.8, 4) is 5.75 Å². The van der Waals surface area contributed by atoms with Crippen LogP contribution in [0.15, 0.2) is 53.4 Å². The molecule has 2 aromatic carbocycles. The van der Waals surface area contributed by atoms with Gasteiger partial charge in [-0.25, -0.2) is 8.42 Å². The summed E-state index contributed by atoms with van der Waals surface area (Å²) in [6, 6.07) is 13.9. The van der Waals surface area contributed by atoms with Crippen molar-refractivity contribution in [2.24, 2.45) is 5.92 Å². The van der Waals surface area contributed by atoms with Gasteiger partial charge in [-0.2, -0.15) is 4.31 Å². The molecule has 0 spiro atoms. The van der Waals surface area contributed by atoms with E-state index < -0.39 is 10.0 Å². The summed E-state index contributed by atoms with van der Waals surface area (Å²) in [5, 5.41) is 3.44. The lowest BCUT2D eigenvalue weighted by Crippen LogP contribution is -2.45. The van der Waals surface area contributed by atoms with Crippen molar-refractivity contribution in [2.45, 2.75) is 30.6 Å². The highest BCUT2D eigenvalue weighted by molar-refractivity contribution is 7.89. The van der Waals surface area contributed by atoms with E-state index in [2.05, 4.69) is 5.32 Å². The fraction of sp³-hybridized carbons (Fsp3) is 0.409. The van der Waals surface area contributed by atoms with Crippen molar-refractivity contribution in [3.63, 3.8) is 0 Å². The van der Waals surface area contributed by atoms with E-state index >= 15 is 0 Å². The van der Waals surface area contributed by atoms with Crippen LogP contribution in [0.2, 0.25) is 5.02 Å². The molecule has 0 aromatic heterocycles. The van der Waals surface area contributed by atoms with Gasteiger partial charge in [0.15, 0.2) is 0 Å². The van der Waals surface area contributed by atoms with Crippen LogP contribution in [-0.2, 0) is 21.2 Å². The van der Waals surface area contributed by atoms with Gasteiger partial charge in [0.2, 0.25) is 15.9 Å². The predicted octanol–water partition coefficient (Wildman–Crippen LogP) is 3.50. The largest absolute Gasteiger partial charge is 0.496 e. The molecule has 0 saturated carbocycles. The van der Waals surface area contributed by atoms with Gasteiger partial charge in [-0.3, -0.25) is 4.79 Å². The van der Waals surface area contributed by atoms with Gasteiger partial charge in [-0.1, -0.05) is 29.8 Å². The van der Waals surface area contributed by atoms with Crippen LogP contribution in [0.25, 0.3) is 0 Å². The van der Waals surface area contributed by atoms with E-state index in [1.807, 2.05) is 24.3 Å². The summed E-state index contributed by atoms with van der Waals surface area (Å²) in [6.45, 7) is 1.16. The lowest BCUT2D eigenvalue weighted by molar-refractivity contribution is -0.126. The predicted molar refractivity (Wildman–Crippen MR) is 117 cm³/mol. The first-order chi connectivity index (χ1) is 14.4. The number of aryl methyl sites for hydroxylation is 1. The normalized spacial score (nSPS) is 17.5. The first-order valence-corrected chi connectivity index (χ1v) is 11.9. The van der Waals surface area contributed by atoms with Crippen molar-refractivity contribution < 1.29 is 17.9 Å². The minimum Gasteiger partial charge on any atom is -0.496 e. The molecule has 6 nitrogen and oxygen atoms in total. The number of hydrogen-bond acceptors (Lipinski definition) is 4. The van der Waals surface area contributed by atoms with Crippen molar-refractivity contribution in [2.75, 3.05) is 26.7 Å². The lowest BCUT2D eigenvalue weighted by Gasteiger charge is -2.31. The highest BCUT2D eigenvalue weighted by Crippen LogP contribution is 2.25. The molecule has 1 unspecified atom stereocenters. The molecule has 8 heteroatoms. The number of para-hydroxylation sites is 1. The molecule has 1 aliphatic rings. The minimum absolute atomic E-state index is 0.0916. The molecule has 1 N–H and O–H groups in total. The average Bonchev–Trinajstić information content (AvgIpc) is 2.77. The van der Waals surface area contributed by atoms with Gasteiger partial charge >= 0.3 is 0 Å². The molecule has 1 heterocycles. The van der Waals surface area contributed by atoms with Crippen LogP contribution < -0.4 is 10.1 Å². The molecule has 1 aliphatic heterocycles. The van der Waals surface area contributed by atoms with E-state index in [-0.39, 0.29) is 23.3 Å². The molecule has 1 atom stereocenters. The number of piperidine rings is 1. The van der Waals surface area contributed by atoms with Gasteiger partial charge < -0.3 is 10.1 Å². The average molecular weight is 451 g/mol. The van der Waals surface area contributed by atoms with Crippen LogP contribution in [0, 0.1) is 5.92 Å². The zero-order chi connectivity index (χ0) is 21.6. The number of amides is 1. The molecule has 1 fully saturated rings. The Kier molecular flexibility index (Phi) is 7.75. The monoisotopic (exact) mass is 450 g/mol. The number of benzene rings is 2. The number of rotatable bonds is 8. The Morgan fingerprint density at radius 3 is 2.67 bits per heavy atom. The Morgan fingerprint density at radius 1 is 1.20 bits per heavy atom. The fourth-order valence-electron chi connectivity index (χ4n) is 3.67. The van der Waals surface area contributed by atoms with Gasteiger partial charge in [0, 0.05) is 24.7 Å². The molecule has 0 radical (unpaired) electrons.